The first-order valence-electron chi connectivity index (χ1n) is 4.59. The maximum atomic E-state index is 5.42. The lowest BCUT2D eigenvalue weighted by Crippen LogP contribution is -2.34. The molecule has 0 saturated carbocycles. The van der Waals surface area contributed by atoms with Gasteiger partial charge in [-0.1, -0.05) is 6.07 Å². The number of hydrogen-bond donors (Lipinski definition) is 2. The molecule has 14 heavy (non-hydrogen) atoms. The van der Waals surface area contributed by atoms with Gasteiger partial charge in [-0.05, 0) is 32.2 Å². The summed E-state index contributed by atoms with van der Waals surface area (Å²) in [6.45, 7) is 6.16. The van der Waals surface area contributed by atoms with Gasteiger partial charge in [0.1, 0.15) is 5.84 Å². The van der Waals surface area contributed by atoms with Crippen molar-refractivity contribution >= 4 is 17.2 Å². The van der Waals surface area contributed by atoms with Gasteiger partial charge in [-0.15, -0.1) is 11.3 Å². The van der Waals surface area contributed by atoms with Crippen LogP contribution in [-0.2, 0) is 6.42 Å². The van der Waals surface area contributed by atoms with Gasteiger partial charge in [0, 0.05) is 11.3 Å². The standard InChI is InChI=1S/C10H17N3S/c1-10(2,3)12-9(13-11)7-8-5-4-6-14-8/h4-6H,7,11H2,1-3H3,(H,12,13). The highest BCUT2D eigenvalue weighted by molar-refractivity contribution is 7.10. The zero-order valence-corrected chi connectivity index (χ0v) is 9.69. The Balaban J connectivity index is 2.69. The maximum absolute atomic E-state index is 5.42. The van der Waals surface area contributed by atoms with Crippen molar-refractivity contribution in [3.8, 4) is 0 Å². The molecule has 1 aromatic heterocycles. The summed E-state index contributed by atoms with van der Waals surface area (Å²) in [5.74, 6) is 6.25. The van der Waals surface area contributed by atoms with E-state index >= 15 is 0 Å². The number of rotatable bonds is 2. The molecule has 0 spiro atoms. The predicted molar refractivity (Wildman–Crippen MR) is 62.5 cm³/mol. The van der Waals surface area contributed by atoms with Crippen LogP contribution in [0.25, 0.3) is 0 Å². The van der Waals surface area contributed by atoms with Crippen molar-refractivity contribution in [3.63, 3.8) is 0 Å². The van der Waals surface area contributed by atoms with E-state index < -0.39 is 0 Å². The highest BCUT2D eigenvalue weighted by Crippen LogP contribution is 2.12. The Morgan fingerprint density at radius 2 is 2.29 bits per heavy atom. The third-order valence-corrected chi connectivity index (χ3v) is 2.44. The van der Waals surface area contributed by atoms with Crippen LogP contribution in [0.2, 0.25) is 0 Å². The molecule has 78 valence electrons. The van der Waals surface area contributed by atoms with Crippen LogP contribution < -0.4 is 11.3 Å². The molecule has 0 aliphatic carbocycles. The summed E-state index contributed by atoms with van der Waals surface area (Å²) >= 11 is 1.72. The van der Waals surface area contributed by atoms with Gasteiger partial charge in [-0.2, -0.15) is 0 Å². The smallest absolute Gasteiger partial charge is 0.116 e. The Hall–Kier alpha value is -0.870. The third-order valence-electron chi connectivity index (χ3n) is 1.56. The average molecular weight is 211 g/mol. The second-order valence-corrected chi connectivity index (χ2v) is 5.16. The number of nitrogens with zero attached hydrogens (tertiary/aromatic N) is 1. The van der Waals surface area contributed by atoms with Crippen molar-refractivity contribution in [3.05, 3.63) is 22.4 Å². The minimum absolute atomic E-state index is 0.0844. The summed E-state index contributed by atoms with van der Waals surface area (Å²) in [6, 6.07) is 4.12. The number of hydrogen-bond acceptors (Lipinski definition) is 3. The Labute approximate surface area is 89.0 Å². The van der Waals surface area contributed by atoms with E-state index in [2.05, 4.69) is 42.6 Å². The normalized spacial score (nSPS) is 13.0. The van der Waals surface area contributed by atoms with Gasteiger partial charge in [-0.25, -0.2) is 5.84 Å². The fraction of sp³-hybridized carbons (Fsp3) is 0.500. The number of aliphatic imine (C=N–C) groups is 1. The molecule has 4 heteroatoms. The minimum atomic E-state index is -0.0844. The van der Waals surface area contributed by atoms with E-state index in [1.54, 1.807) is 11.3 Å². The van der Waals surface area contributed by atoms with Gasteiger partial charge in [0.05, 0.1) is 5.54 Å². The van der Waals surface area contributed by atoms with Crippen LogP contribution in [0.1, 0.15) is 25.6 Å². The van der Waals surface area contributed by atoms with Crippen LogP contribution in [0.5, 0.6) is 0 Å². The Bertz CT molecular complexity index is 296. The summed E-state index contributed by atoms with van der Waals surface area (Å²) in [5.41, 5.74) is 2.57. The van der Waals surface area contributed by atoms with E-state index in [1.807, 2.05) is 6.07 Å². The SMILES string of the molecule is CC(C)(C)N=C(Cc1cccs1)NN. The van der Waals surface area contributed by atoms with E-state index in [-0.39, 0.29) is 5.54 Å². The largest absolute Gasteiger partial charge is 0.312 e. The Morgan fingerprint density at radius 1 is 1.57 bits per heavy atom. The van der Waals surface area contributed by atoms with Crippen molar-refractivity contribution < 1.29 is 0 Å². The van der Waals surface area contributed by atoms with Crippen LogP contribution in [0.15, 0.2) is 22.5 Å². The van der Waals surface area contributed by atoms with Crippen LogP contribution >= 0.6 is 11.3 Å². The fourth-order valence-corrected chi connectivity index (χ4v) is 1.82. The van der Waals surface area contributed by atoms with Gasteiger partial charge in [0.15, 0.2) is 0 Å². The Kier molecular flexibility index (Phi) is 3.66. The summed E-state index contributed by atoms with van der Waals surface area (Å²) in [6.07, 6.45) is 0.783. The highest BCUT2D eigenvalue weighted by atomic mass is 32.1. The van der Waals surface area contributed by atoms with Crippen molar-refractivity contribution in [2.45, 2.75) is 32.7 Å². The average Bonchev–Trinajstić information content (AvgIpc) is 2.53. The Morgan fingerprint density at radius 3 is 2.71 bits per heavy atom. The van der Waals surface area contributed by atoms with Crippen LogP contribution in [0.4, 0.5) is 0 Å². The molecule has 0 unspecified atom stereocenters. The molecule has 0 saturated heterocycles. The number of nitrogens with two attached hydrogens (primary N) is 1. The molecule has 0 radical (unpaired) electrons. The van der Waals surface area contributed by atoms with E-state index in [4.69, 9.17) is 5.84 Å². The maximum Gasteiger partial charge on any atom is 0.116 e. The van der Waals surface area contributed by atoms with Gasteiger partial charge in [-0.3, -0.25) is 4.99 Å². The van der Waals surface area contributed by atoms with Crippen LogP contribution in [0.3, 0.4) is 0 Å². The zero-order valence-electron chi connectivity index (χ0n) is 8.87. The third kappa shape index (κ3) is 3.89. The molecule has 0 amide bonds. The van der Waals surface area contributed by atoms with E-state index in [9.17, 15) is 0 Å². The first-order valence-corrected chi connectivity index (χ1v) is 5.47. The van der Waals surface area contributed by atoms with Gasteiger partial charge in [0.25, 0.3) is 0 Å². The molecule has 1 heterocycles. The molecular formula is C10H17N3S. The molecule has 0 aromatic carbocycles. The van der Waals surface area contributed by atoms with E-state index in [1.165, 1.54) is 4.88 Å². The minimum Gasteiger partial charge on any atom is -0.312 e. The molecule has 0 atom stereocenters. The van der Waals surface area contributed by atoms with Crippen LogP contribution in [-0.4, -0.2) is 11.4 Å². The number of amidine groups is 1. The number of hydrazine groups is 1. The summed E-state index contributed by atoms with van der Waals surface area (Å²) in [5, 5.41) is 2.06. The molecule has 1 aromatic rings. The predicted octanol–water partition coefficient (Wildman–Crippen LogP) is 1.95. The number of thiophene rings is 1. The second kappa shape index (κ2) is 4.57. The first kappa shape index (κ1) is 11.2. The number of nitrogens with one attached hydrogen (secondary N) is 1. The first-order chi connectivity index (χ1) is 6.51. The monoisotopic (exact) mass is 211 g/mol. The van der Waals surface area contributed by atoms with E-state index in [0.29, 0.717) is 0 Å². The molecule has 0 aliphatic rings. The fourth-order valence-electron chi connectivity index (χ4n) is 1.11. The molecule has 3 N–H and O–H groups in total. The molecule has 3 nitrogen and oxygen atoms in total. The summed E-state index contributed by atoms with van der Waals surface area (Å²) in [4.78, 5) is 5.76. The van der Waals surface area contributed by atoms with Crippen molar-refractivity contribution in [2.75, 3.05) is 0 Å². The summed E-state index contributed by atoms with van der Waals surface area (Å²) < 4.78 is 0. The lowest BCUT2D eigenvalue weighted by atomic mass is 10.1. The topological polar surface area (TPSA) is 50.4 Å². The zero-order chi connectivity index (χ0) is 10.6. The van der Waals surface area contributed by atoms with Crippen molar-refractivity contribution in [1.29, 1.82) is 0 Å². The highest BCUT2D eigenvalue weighted by Gasteiger charge is 2.09. The summed E-state index contributed by atoms with van der Waals surface area (Å²) in [7, 11) is 0. The van der Waals surface area contributed by atoms with Crippen molar-refractivity contribution in [2.24, 2.45) is 10.8 Å². The molecule has 0 bridgehead atoms. The molecular weight excluding hydrogens is 194 g/mol. The second-order valence-electron chi connectivity index (χ2n) is 4.13. The lowest BCUT2D eigenvalue weighted by molar-refractivity contribution is 0.578. The molecule has 1 rings (SSSR count). The van der Waals surface area contributed by atoms with E-state index in [0.717, 1.165) is 12.3 Å². The van der Waals surface area contributed by atoms with Gasteiger partial charge in [0.2, 0.25) is 0 Å². The molecule has 0 fully saturated rings. The van der Waals surface area contributed by atoms with Crippen molar-refractivity contribution in [1.82, 2.24) is 5.43 Å². The van der Waals surface area contributed by atoms with Gasteiger partial charge >= 0.3 is 0 Å². The quantitative estimate of drug-likeness (QED) is 0.340. The molecule has 0 aliphatic heterocycles. The lowest BCUT2D eigenvalue weighted by Gasteiger charge is -2.15. The van der Waals surface area contributed by atoms with Crippen LogP contribution in [0, 0.1) is 0 Å². The van der Waals surface area contributed by atoms with Gasteiger partial charge < -0.3 is 5.43 Å².